The van der Waals surface area contributed by atoms with Crippen molar-refractivity contribution >= 4 is 0 Å². The minimum Gasteiger partial charge on any atom is -0.330 e. The minimum absolute atomic E-state index is 0.222. The summed E-state index contributed by atoms with van der Waals surface area (Å²) in [4.78, 5) is 1.45. The number of hydrogen-bond acceptors (Lipinski definition) is 2. The Hall–Kier alpha value is -0.290. The molecular weight excluding hydrogens is 217 g/mol. The van der Waals surface area contributed by atoms with E-state index in [2.05, 4.69) is 0 Å². The maximum Gasteiger partial charge on any atom is 0.401 e. The first-order valence-electron chi connectivity index (χ1n) is 5.75. The van der Waals surface area contributed by atoms with Gasteiger partial charge in [-0.2, -0.15) is 13.2 Å². The zero-order valence-corrected chi connectivity index (χ0v) is 10.4. The number of nitrogens with zero attached hydrogens (tertiary/aromatic N) is 1. The van der Waals surface area contributed by atoms with E-state index in [0.717, 1.165) is 12.8 Å². The summed E-state index contributed by atoms with van der Waals surface area (Å²) < 4.78 is 37.0. The number of alkyl halides is 3. The van der Waals surface area contributed by atoms with Crippen LogP contribution in [0, 0.1) is 5.41 Å². The van der Waals surface area contributed by atoms with Gasteiger partial charge in [-0.25, -0.2) is 0 Å². The minimum atomic E-state index is -4.13. The Bertz CT molecular complexity index is 188. The van der Waals surface area contributed by atoms with Crippen molar-refractivity contribution in [1.82, 2.24) is 4.90 Å². The molecule has 0 spiro atoms. The third-order valence-corrected chi connectivity index (χ3v) is 2.89. The Morgan fingerprint density at radius 2 is 1.69 bits per heavy atom. The molecule has 1 atom stereocenters. The summed E-state index contributed by atoms with van der Waals surface area (Å²) in [6.45, 7) is 6.24. The van der Waals surface area contributed by atoms with E-state index >= 15 is 0 Å². The lowest BCUT2D eigenvalue weighted by Gasteiger charge is -2.34. The third kappa shape index (κ3) is 6.33. The van der Waals surface area contributed by atoms with Crippen LogP contribution in [0.4, 0.5) is 13.2 Å². The molecule has 0 heterocycles. The Labute approximate surface area is 96.0 Å². The standard InChI is InChI=1S/C11H23F3N2/c1-4-6-16(9-11(12,13)14)8-10(3,5-2)7-15/h4-9,15H2,1-3H3. The fourth-order valence-corrected chi connectivity index (χ4v) is 1.64. The van der Waals surface area contributed by atoms with Crippen LogP contribution >= 0.6 is 0 Å². The maximum absolute atomic E-state index is 12.3. The van der Waals surface area contributed by atoms with Crippen molar-refractivity contribution in [2.24, 2.45) is 11.1 Å². The SMILES string of the molecule is CCCN(CC(F)(F)F)CC(C)(CC)CN. The summed E-state index contributed by atoms with van der Waals surface area (Å²) in [5, 5.41) is 0. The van der Waals surface area contributed by atoms with E-state index in [1.165, 1.54) is 4.90 Å². The Morgan fingerprint density at radius 1 is 1.12 bits per heavy atom. The van der Waals surface area contributed by atoms with Crippen molar-refractivity contribution in [3.8, 4) is 0 Å². The monoisotopic (exact) mass is 240 g/mol. The smallest absolute Gasteiger partial charge is 0.330 e. The molecule has 0 aromatic heterocycles. The lowest BCUT2D eigenvalue weighted by molar-refractivity contribution is -0.148. The average Bonchev–Trinajstić information content (AvgIpc) is 2.15. The Kier molecular flexibility index (Phi) is 6.33. The van der Waals surface area contributed by atoms with Crippen LogP contribution in [0.1, 0.15) is 33.6 Å². The third-order valence-electron chi connectivity index (χ3n) is 2.89. The molecule has 16 heavy (non-hydrogen) atoms. The number of hydrogen-bond donors (Lipinski definition) is 1. The second kappa shape index (κ2) is 6.45. The molecule has 0 bridgehead atoms. The van der Waals surface area contributed by atoms with Crippen LogP contribution < -0.4 is 5.73 Å². The quantitative estimate of drug-likeness (QED) is 0.741. The number of nitrogens with two attached hydrogens (primary N) is 1. The molecule has 0 aromatic rings. The van der Waals surface area contributed by atoms with Crippen molar-refractivity contribution in [2.75, 3.05) is 26.2 Å². The van der Waals surface area contributed by atoms with Gasteiger partial charge in [-0.05, 0) is 31.3 Å². The van der Waals surface area contributed by atoms with Gasteiger partial charge < -0.3 is 5.73 Å². The maximum atomic E-state index is 12.3. The first-order chi connectivity index (χ1) is 7.26. The molecule has 0 saturated heterocycles. The average molecular weight is 240 g/mol. The predicted molar refractivity (Wildman–Crippen MR) is 60.2 cm³/mol. The Balaban J connectivity index is 4.43. The molecule has 0 saturated carbocycles. The molecule has 0 radical (unpaired) electrons. The molecule has 0 aliphatic carbocycles. The van der Waals surface area contributed by atoms with Crippen LogP contribution in [0.5, 0.6) is 0 Å². The van der Waals surface area contributed by atoms with Gasteiger partial charge in [0.25, 0.3) is 0 Å². The van der Waals surface area contributed by atoms with Crippen LogP contribution in [0.3, 0.4) is 0 Å². The predicted octanol–water partition coefficient (Wildman–Crippen LogP) is 2.64. The van der Waals surface area contributed by atoms with E-state index in [4.69, 9.17) is 5.73 Å². The first kappa shape index (κ1) is 15.7. The summed E-state index contributed by atoms with van der Waals surface area (Å²) in [5.74, 6) is 0. The van der Waals surface area contributed by atoms with Crippen LogP contribution in [0.2, 0.25) is 0 Å². The second-order valence-electron chi connectivity index (χ2n) is 4.69. The molecule has 0 rings (SSSR count). The molecule has 0 amide bonds. The molecule has 0 fully saturated rings. The van der Waals surface area contributed by atoms with Gasteiger partial charge in [0.2, 0.25) is 0 Å². The van der Waals surface area contributed by atoms with Gasteiger partial charge in [0, 0.05) is 6.54 Å². The summed E-state index contributed by atoms with van der Waals surface area (Å²) >= 11 is 0. The highest BCUT2D eigenvalue weighted by molar-refractivity contribution is 4.79. The highest BCUT2D eigenvalue weighted by Gasteiger charge is 2.33. The zero-order chi connectivity index (χ0) is 12.8. The van der Waals surface area contributed by atoms with Crippen LogP contribution in [-0.2, 0) is 0 Å². The lowest BCUT2D eigenvalue weighted by Crippen LogP contribution is -2.44. The molecule has 0 aromatic carbocycles. The lowest BCUT2D eigenvalue weighted by atomic mass is 9.87. The topological polar surface area (TPSA) is 29.3 Å². The van der Waals surface area contributed by atoms with E-state index in [-0.39, 0.29) is 5.41 Å². The van der Waals surface area contributed by atoms with Gasteiger partial charge >= 0.3 is 6.18 Å². The van der Waals surface area contributed by atoms with E-state index in [1.54, 1.807) is 0 Å². The molecule has 98 valence electrons. The van der Waals surface area contributed by atoms with Gasteiger partial charge in [-0.1, -0.05) is 20.8 Å². The van der Waals surface area contributed by atoms with Crippen molar-refractivity contribution in [1.29, 1.82) is 0 Å². The van der Waals surface area contributed by atoms with Crippen LogP contribution in [0.25, 0.3) is 0 Å². The molecule has 5 heteroatoms. The van der Waals surface area contributed by atoms with Crippen molar-refractivity contribution < 1.29 is 13.2 Å². The van der Waals surface area contributed by atoms with Crippen LogP contribution in [0.15, 0.2) is 0 Å². The van der Waals surface area contributed by atoms with Crippen molar-refractivity contribution in [2.45, 2.75) is 39.8 Å². The largest absolute Gasteiger partial charge is 0.401 e. The van der Waals surface area contributed by atoms with Gasteiger partial charge in [0.15, 0.2) is 0 Å². The molecule has 0 aliphatic heterocycles. The van der Waals surface area contributed by atoms with Gasteiger partial charge in [-0.3, -0.25) is 4.90 Å². The fourth-order valence-electron chi connectivity index (χ4n) is 1.64. The Morgan fingerprint density at radius 3 is 2.00 bits per heavy atom. The molecule has 1 unspecified atom stereocenters. The van der Waals surface area contributed by atoms with E-state index < -0.39 is 12.7 Å². The van der Waals surface area contributed by atoms with Gasteiger partial charge in [-0.15, -0.1) is 0 Å². The van der Waals surface area contributed by atoms with E-state index in [0.29, 0.717) is 19.6 Å². The molecule has 0 aliphatic rings. The van der Waals surface area contributed by atoms with E-state index in [1.807, 2.05) is 20.8 Å². The summed E-state index contributed by atoms with van der Waals surface area (Å²) in [5.41, 5.74) is 5.40. The number of halogens is 3. The molecule has 2 nitrogen and oxygen atoms in total. The summed E-state index contributed by atoms with van der Waals surface area (Å²) in [6.07, 6.45) is -2.61. The highest BCUT2D eigenvalue weighted by atomic mass is 19.4. The highest BCUT2D eigenvalue weighted by Crippen LogP contribution is 2.24. The normalized spacial score (nSPS) is 16.5. The van der Waals surface area contributed by atoms with Gasteiger partial charge in [0.1, 0.15) is 0 Å². The summed E-state index contributed by atoms with van der Waals surface area (Å²) in [6, 6.07) is 0. The zero-order valence-electron chi connectivity index (χ0n) is 10.4. The first-order valence-corrected chi connectivity index (χ1v) is 5.75. The molecular formula is C11H23F3N2. The number of rotatable bonds is 7. The summed E-state index contributed by atoms with van der Waals surface area (Å²) in [7, 11) is 0. The van der Waals surface area contributed by atoms with E-state index in [9.17, 15) is 13.2 Å². The second-order valence-corrected chi connectivity index (χ2v) is 4.69. The van der Waals surface area contributed by atoms with Crippen molar-refractivity contribution in [3.63, 3.8) is 0 Å². The molecule has 2 N–H and O–H groups in total. The van der Waals surface area contributed by atoms with Gasteiger partial charge in [0.05, 0.1) is 6.54 Å². The van der Waals surface area contributed by atoms with Crippen molar-refractivity contribution in [3.05, 3.63) is 0 Å². The fraction of sp³-hybridized carbons (Fsp3) is 1.00. The van der Waals surface area contributed by atoms with Crippen LogP contribution in [-0.4, -0.2) is 37.3 Å².